The zero-order valence-electron chi connectivity index (χ0n) is 14.9. The Hall–Kier alpha value is -0.0800. The molecule has 0 aliphatic heterocycles. The van der Waals surface area contributed by atoms with E-state index in [1.165, 1.54) is 32.1 Å². The first-order valence-corrected chi connectivity index (χ1v) is 8.93. The van der Waals surface area contributed by atoms with Crippen molar-refractivity contribution in [3.8, 4) is 0 Å². The molecule has 0 saturated heterocycles. The van der Waals surface area contributed by atoms with Gasteiger partial charge in [-0.05, 0) is 33.1 Å². The Labute approximate surface area is 158 Å². The third-order valence-corrected chi connectivity index (χ3v) is 5.21. The Morgan fingerprint density at radius 2 is 1.91 bits per heavy atom. The number of nitrogens with one attached hydrogen (secondary N) is 2. The van der Waals surface area contributed by atoms with Crippen LogP contribution in [-0.4, -0.2) is 51.5 Å². The summed E-state index contributed by atoms with van der Waals surface area (Å²) >= 11 is 0. The summed E-state index contributed by atoms with van der Waals surface area (Å²) in [5.41, 5.74) is 0.325. The summed E-state index contributed by atoms with van der Waals surface area (Å²) in [6.07, 6.45) is 8.12. The summed E-state index contributed by atoms with van der Waals surface area (Å²) in [5.74, 6) is 0.893. The van der Waals surface area contributed by atoms with Gasteiger partial charge in [0.2, 0.25) is 0 Å². The van der Waals surface area contributed by atoms with Gasteiger partial charge in [-0.25, -0.2) is 0 Å². The van der Waals surface area contributed by atoms with Gasteiger partial charge in [0.1, 0.15) is 0 Å². The Bertz CT molecular complexity index is 360. The van der Waals surface area contributed by atoms with Gasteiger partial charge in [0.15, 0.2) is 5.96 Å². The van der Waals surface area contributed by atoms with E-state index in [2.05, 4.69) is 22.5 Å². The van der Waals surface area contributed by atoms with Crippen LogP contribution in [0.15, 0.2) is 4.99 Å². The van der Waals surface area contributed by atoms with Crippen LogP contribution in [0.1, 0.15) is 52.4 Å². The molecule has 2 aliphatic rings. The third kappa shape index (κ3) is 5.19. The van der Waals surface area contributed by atoms with Gasteiger partial charge in [-0.3, -0.25) is 4.99 Å². The van der Waals surface area contributed by atoms with E-state index in [4.69, 9.17) is 9.47 Å². The number of rotatable bonds is 7. The van der Waals surface area contributed by atoms with Gasteiger partial charge >= 0.3 is 0 Å². The summed E-state index contributed by atoms with van der Waals surface area (Å²) in [6, 6.07) is 0.489. The maximum absolute atomic E-state index is 6.01. The molecule has 136 valence electrons. The number of guanidine groups is 1. The lowest BCUT2D eigenvalue weighted by atomic mass is 9.55. The lowest BCUT2D eigenvalue weighted by molar-refractivity contribution is -0.145. The largest absolute Gasteiger partial charge is 0.380 e. The second-order valence-electron chi connectivity index (χ2n) is 6.37. The molecular weight excluding hydrogens is 405 g/mol. The second kappa shape index (κ2) is 10.7. The summed E-state index contributed by atoms with van der Waals surface area (Å²) in [5, 5.41) is 6.98. The smallest absolute Gasteiger partial charge is 0.191 e. The summed E-state index contributed by atoms with van der Waals surface area (Å²) in [4.78, 5) is 4.35. The van der Waals surface area contributed by atoms with Crippen molar-refractivity contribution in [3.63, 3.8) is 0 Å². The van der Waals surface area contributed by atoms with Crippen LogP contribution in [0, 0.1) is 5.41 Å². The number of hydrogen-bond donors (Lipinski definition) is 2. The van der Waals surface area contributed by atoms with Crippen LogP contribution in [-0.2, 0) is 9.47 Å². The second-order valence-corrected chi connectivity index (χ2v) is 6.37. The molecule has 2 N–H and O–H groups in total. The lowest BCUT2D eigenvalue weighted by Crippen LogP contribution is -2.66. The van der Waals surface area contributed by atoms with Crippen molar-refractivity contribution >= 4 is 29.9 Å². The predicted molar refractivity (Wildman–Crippen MR) is 106 cm³/mol. The highest BCUT2D eigenvalue weighted by molar-refractivity contribution is 14.0. The van der Waals surface area contributed by atoms with Crippen molar-refractivity contribution in [3.05, 3.63) is 0 Å². The fraction of sp³-hybridized carbons (Fsp3) is 0.941. The normalized spacial score (nSPS) is 26.3. The first-order valence-electron chi connectivity index (χ1n) is 8.93. The van der Waals surface area contributed by atoms with E-state index in [0.717, 1.165) is 32.1 Å². The fourth-order valence-corrected chi connectivity index (χ4v) is 4.01. The molecule has 2 unspecified atom stereocenters. The van der Waals surface area contributed by atoms with Crippen LogP contribution in [0.3, 0.4) is 0 Å². The van der Waals surface area contributed by atoms with Gasteiger partial charge < -0.3 is 20.1 Å². The first kappa shape index (κ1) is 21.0. The first-order chi connectivity index (χ1) is 10.8. The molecule has 6 heteroatoms. The van der Waals surface area contributed by atoms with Gasteiger partial charge in [-0.15, -0.1) is 24.0 Å². The topological polar surface area (TPSA) is 54.9 Å². The van der Waals surface area contributed by atoms with E-state index in [-0.39, 0.29) is 24.0 Å². The maximum atomic E-state index is 6.01. The number of nitrogens with zero attached hydrogens (tertiary/aromatic N) is 1. The Morgan fingerprint density at radius 3 is 2.52 bits per heavy atom. The van der Waals surface area contributed by atoms with E-state index < -0.39 is 0 Å². The fourth-order valence-electron chi connectivity index (χ4n) is 4.01. The molecule has 23 heavy (non-hydrogen) atoms. The molecule has 1 spiro atoms. The van der Waals surface area contributed by atoms with Crippen LogP contribution in [0.25, 0.3) is 0 Å². The molecule has 2 saturated carbocycles. The van der Waals surface area contributed by atoms with Crippen LogP contribution >= 0.6 is 24.0 Å². The zero-order chi connectivity index (χ0) is 15.8. The van der Waals surface area contributed by atoms with Gasteiger partial charge in [-0.1, -0.05) is 19.3 Å². The SMILES string of the molecule is CCOCCNC(=NC)NC1CC(OCC)C12CCCCC2.I. The van der Waals surface area contributed by atoms with Crippen LogP contribution in [0.2, 0.25) is 0 Å². The molecule has 0 heterocycles. The minimum absolute atomic E-state index is 0. The summed E-state index contributed by atoms with van der Waals surface area (Å²) in [6.45, 7) is 7.21. The maximum Gasteiger partial charge on any atom is 0.191 e. The van der Waals surface area contributed by atoms with E-state index >= 15 is 0 Å². The van der Waals surface area contributed by atoms with E-state index in [1.54, 1.807) is 0 Å². The van der Waals surface area contributed by atoms with Crippen molar-refractivity contribution in [1.82, 2.24) is 10.6 Å². The summed E-state index contributed by atoms with van der Waals surface area (Å²) in [7, 11) is 1.84. The van der Waals surface area contributed by atoms with Crippen LogP contribution in [0.5, 0.6) is 0 Å². The number of halogens is 1. The van der Waals surface area contributed by atoms with Crippen molar-refractivity contribution in [2.24, 2.45) is 10.4 Å². The van der Waals surface area contributed by atoms with Crippen molar-refractivity contribution < 1.29 is 9.47 Å². The molecule has 0 amide bonds. The molecule has 2 aliphatic carbocycles. The average molecular weight is 439 g/mol. The predicted octanol–water partition coefficient (Wildman–Crippen LogP) is 2.93. The quantitative estimate of drug-likeness (QED) is 0.277. The number of hydrogen-bond acceptors (Lipinski definition) is 3. The Balaban J connectivity index is 0.00000264. The number of aliphatic imine (C=N–C) groups is 1. The average Bonchev–Trinajstić information content (AvgIpc) is 2.56. The van der Waals surface area contributed by atoms with Gasteiger partial charge in [0.05, 0.1) is 12.7 Å². The third-order valence-electron chi connectivity index (χ3n) is 5.21. The van der Waals surface area contributed by atoms with Crippen molar-refractivity contribution in [2.45, 2.75) is 64.5 Å². The molecule has 2 fully saturated rings. The van der Waals surface area contributed by atoms with Gasteiger partial charge in [-0.2, -0.15) is 0 Å². The van der Waals surface area contributed by atoms with Crippen LogP contribution in [0.4, 0.5) is 0 Å². The van der Waals surface area contributed by atoms with Crippen molar-refractivity contribution in [1.29, 1.82) is 0 Å². The molecule has 0 aromatic rings. The molecule has 0 radical (unpaired) electrons. The Kier molecular flexibility index (Phi) is 9.77. The highest BCUT2D eigenvalue weighted by atomic mass is 127. The molecular formula is C17H34IN3O2. The van der Waals surface area contributed by atoms with E-state index in [0.29, 0.717) is 24.2 Å². The minimum Gasteiger partial charge on any atom is -0.380 e. The highest BCUT2D eigenvalue weighted by Crippen LogP contribution is 2.53. The van der Waals surface area contributed by atoms with E-state index in [1.807, 2.05) is 14.0 Å². The molecule has 5 nitrogen and oxygen atoms in total. The minimum atomic E-state index is 0. The molecule has 2 rings (SSSR count). The molecule has 0 bridgehead atoms. The number of ether oxygens (including phenoxy) is 2. The van der Waals surface area contributed by atoms with E-state index in [9.17, 15) is 0 Å². The molecule has 2 atom stereocenters. The lowest BCUT2D eigenvalue weighted by Gasteiger charge is -2.57. The van der Waals surface area contributed by atoms with Gasteiger partial charge in [0, 0.05) is 38.3 Å². The van der Waals surface area contributed by atoms with Crippen LogP contribution < -0.4 is 10.6 Å². The van der Waals surface area contributed by atoms with Crippen molar-refractivity contribution in [2.75, 3.05) is 33.4 Å². The highest BCUT2D eigenvalue weighted by Gasteiger charge is 2.55. The monoisotopic (exact) mass is 439 g/mol. The van der Waals surface area contributed by atoms with Gasteiger partial charge in [0.25, 0.3) is 0 Å². The zero-order valence-corrected chi connectivity index (χ0v) is 17.2. The Morgan fingerprint density at radius 1 is 1.17 bits per heavy atom. The standard InChI is InChI=1S/C17H33N3O2.HI/c1-4-21-12-11-19-16(18-3)20-14-13-15(22-5-2)17(14)9-7-6-8-10-17;/h14-15H,4-13H2,1-3H3,(H2,18,19,20);1H. The molecule has 0 aromatic heterocycles. The summed E-state index contributed by atoms with van der Waals surface area (Å²) < 4.78 is 11.4. The molecule has 0 aromatic carbocycles.